The fourth-order valence-electron chi connectivity index (χ4n) is 2.06. The maximum atomic E-state index is 11.5. The highest BCUT2D eigenvalue weighted by atomic mass is 16.3. The first kappa shape index (κ1) is 12.5. The van der Waals surface area contributed by atoms with Gasteiger partial charge in [-0.05, 0) is 20.3 Å². The molecule has 0 aliphatic carbocycles. The number of nitrogens with zero attached hydrogens (tertiary/aromatic N) is 1. The van der Waals surface area contributed by atoms with E-state index in [9.17, 15) is 9.90 Å². The standard InChI is InChI=1S/C11H22N2O2/c1-4-5-9(2)12-10(14)6-13-7-11(3,15)8-13/h9,15H,4-8H2,1-3H3,(H,12,14). The van der Waals surface area contributed by atoms with Crippen LogP contribution in [0.15, 0.2) is 0 Å². The highest BCUT2D eigenvalue weighted by molar-refractivity contribution is 5.78. The van der Waals surface area contributed by atoms with Gasteiger partial charge >= 0.3 is 0 Å². The monoisotopic (exact) mass is 214 g/mol. The van der Waals surface area contributed by atoms with Crippen LogP contribution in [0.3, 0.4) is 0 Å². The molecule has 2 N–H and O–H groups in total. The van der Waals surface area contributed by atoms with Gasteiger partial charge in [0.15, 0.2) is 0 Å². The molecule has 1 rings (SSSR count). The topological polar surface area (TPSA) is 52.6 Å². The average molecular weight is 214 g/mol. The first-order valence-electron chi connectivity index (χ1n) is 5.67. The lowest BCUT2D eigenvalue weighted by molar-refractivity contribution is -0.130. The molecule has 1 aliphatic heterocycles. The third kappa shape index (κ3) is 4.18. The summed E-state index contributed by atoms with van der Waals surface area (Å²) in [7, 11) is 0. The number of nitrogens with one attached hydrogen (secondary N) is 1. The minimum absolute atomic E-state index is 0.0615. The van der Waals surface area contributed by atoms with Gasteiger partial charge in [-0.1, -0.05) is 13.3 Å². The van der Waals surface area contributed by atoms with Crippen molar-refractivity contribution in [2.75, 3.05) is 19.6 Å². The van der Waals surface area contributed by atoms with Crippen LogP contribution in [-0.2, 0) is 4.79 Å². The molecule has 0 saturated carbocycles. The zero-order chi connectivity index (χ0) is 11.5. The number of rotatable bonds is 5. The normalized spacial score (nSPS) is 21.9. The molecule has 0 aromatic rings. The SMILES string of the molecule is CCCC(C)NC(=O)CN1CC(C)(O)C1. The van der Waals surface area contributed by atoms with Crippen LogP contribution < -0.4 is 5.32 Å². The quantitative estimate of drug-likeness (QED) is 0.694. The molecule has 0 aromatic carbocycles. The molecule has 0 spiro atoms. The van der Waals surface area contributed by atoms with Crippen LogP contribution in [0.25, 0.3) is 0 Å². The van der Waals surface area contributed by atoms with Crippen molar-refractivity contribution in [2.45, 2.75) is 45.3 Å². The summed E-state index contributed by atoms with van der Waals surface area (Å²) in [5, 5.41) is 12.4. The zero-order valence-electron chi connectivity index (χ0n) is 9.92. The molecule has 4 nitrogen and oxygen atoms in total. The van der Waals surface area contributed by atoms with Crippen molar-refractivity contribution >= 4 is 5.91 Å². The van der Waals surface area contributed by atoms with E-state index in [-0.39, 0.29) is 11.9 Å². The van der Waals surface area contributed by atoms with E-state index in [1.807, 2.05) is 11.8 Å². The minimum Gasteiger partial charge on any atom is -0.388 e. The van der Waals surface area contributed by atoms with Crippen LogP contribution in [0.2, 0.25) is 0 Å². The summed E-state index contributed by atoms with van der Waals surface area (Å²) in [6, 6.07) is 0.254. The maximum Gasteiger partial charge on any atom is 0.234 e. The van der Waals surface area contributed by atoms with Gasteiger partial charge in [-0.2, -0.15) is 0 Å². The Bertz CT molecular complexity index is 221. The van der Waals surface area contributed by atoms with Crippen molar-refractivity contribution in [2.24, 2.45) is 0 Å². The number of hydrogen-bond donors (Lipinski definition) is 2. The fraction of sp³-hybridized carbons (Fsp3) is 0.909. The molecule has 1 heterocycles. The van der Waals surface area contributed by atoms with Crippen LogP contribution in [-0.4, -0.2) is 47.2 Å². The smallest absolute Gasteiger partial charge is 0.234 e. The molecule has 0 bridgehead atoms. The largest absolute Gasteiger partial charge is 0.388 e. The summed E-state index contributed by atoms with van der Waals surface area (Å²) in [5.41, 5.74) is -0.588. The second-order valence-electron chi connectivity index (χ2n) is 4.90. The predicted molar refractivity (Wildman–Crippen MR) is 59.6 cm³/mol. The number of amides is 1. The van der Waals surface area contributed by atoms with Crippen LogP contribution in [0.5, 0.6) is 0 Å². The van der Waals surface area contributed by atoms with Crippen molar-refractivity contribution in [1.82, 2.24) is 10.2 Å². The number of aliphatic hydroxyl groups is 1. The summed E-state index contributed by atoms with van der Waals surface area (Å²) in [6.45, 7) is 7.53. The molecule has 1 unspecified atom stereocenters. The lowest BCUT2D eigenvalue weighted by Crippen LogP contribution is -2.61. The van der Waals surface area contributed by atoms with Crippen LogP contribution in [0.4, 0.5) is 0 Å². The van der Waals surface area contributed by atoms with Crippen molar-refractivity contribution in [3.05, 3.63) is 0 Å². The summed E-state index contributed by atoms with van der Waals surface area (Å²) in [6.07, 6.45) is 2.10. The molecular weight excluding hydrogens is 192 g/mol. The molecule has 0 radical (unpaired) electrons. The fourth-order valence-corrected chi connectivity index (χ4v) is 2.06. The van der Waals surface area contributed by atoms with Gasteiger partial charge in [0.2, 0.25) is 5.91 Å². The van der Waals surface area contributed by atoms with E-state index in [1.165, 1.54) is 0 Å². The number of likely N-dealkylation sites (tertiary alicyclic amines) is 1. The molecule has 1 saturated heterocycles. The third-order valence-corrected chi connectivity index (χ3v) is 2.62. The Morgan fingerprint density at radius 1 is 1.60 bits per heavy atom. The average Bonchev–Trinajstić information content (AvgIpc) is 2.00. The Labute approximate surface area is 91.6 Å². The van der Waals surface area contributed by atoms with Gasteiger partial charge in [0.1, 0.15) is 0 Å². The van der Waals surface area contributed by atoms with E-state index in [0.29, 0.717) is 19.6 Å². The van der Waals surface area contributed by atoms with E-state index in [2.05, 4.69) is 12.2 Å². The summed E-state index contributed by atoms with van der Waals surface area (Å²) < 4.78 is 0. The summed E-state index contributed by atoms with van der Waals surface area (Å²) in [5.74, 6) is 0.0615. The summed E-state index contributed by atoms with van der Waals surface area (Å²) >= 11 is 0. The van der Waals surface area contributed by atoms with Crippen molar-refractivity contribution in [3.8, 4) is 0 Å². The lowest BCUT2D eigenvalue weighted by atomic mass is 9.97. The molecule has 1 fully saturated rings. The Morgan fingerprint density at radius 3 is 2.67 bits per heavy atom. The molecule has 1 atom stereocenters. The number of carbonyl (C=O) groups excluding carboxylic acids is 1. The minimum atomic E-state index is -0.588. The molecule has 88 valence electrons. The predicted octanol–water partition coefficient (Wildman–Crippen LogP) is 0.358. The molecular formula is C11H22N2O2. The van der Waals surface area contributed by atoms with E-state index < -0.39 is 5.60 Å². The Morgan fingerprint density at radius 2 is 2.20 bits per heavy atom. The van der Waals surface area contributed by atoms with Gasteiger partial charge in [-0.25, -0.2) is 0 Å². The first-order valence-corrected chi connectivity index (χ1v) is 5.67. The zero-order valence-corrected chi connectivity index (χ0v) is 9.92. The van der Waals surface area contributed by atoms with Crippen LogP contribution in [0.1, 0.15) is 33.6 Å². The van der Waals surface area contributed by atoms with Crippen LogP contribution in [0, 0.1) is 0 Å². The van der Waals surface area contributed by atoms with E-state index in [0.717, 1.165) is 12.8 Å². The second kappa shape index (κ2) is 4.94. The second-order valence-corrected chi connectivity index (χ2v) is 4.90. The highest BCUT2D eigenvalue weighted by Crippen LogP contribution is 2.18. The summed E-state index contributed by atoms with van der Waals surface area (Å²) in [4.78, 5) is 13.5. The van der Waals surface area contributed by atoms with Crippen molar-refractivity contribution in [1.29, 1.82) is 0 Å². The van der Waals surface area contributed by atoms with E-state index in [1.54, 1.807) is 6.92 Å². The Kier molecular flexibility index (Phi) is 4.11. The number of hydrogen-bond acceptors (Lipinski definition) is 3. The molecule has 1 amide bonds. The van der Waals surface area contributed by atoms with Gasteiger partial charge in [-0.15, -0.1) is 0 Å². The first-order chi connectivity index (χ1) is 6.93. The van der Waals surface area contributed by atoms with Crippen LogP contribution >= 0.6 is 0 Å². The highest BCUT2D eigenvalue weighted by Gasteiger charge is 2.37. The third-order valence-electron chi connectivity index (χ3n) is 2.62. The van der Waals surface area contributed by atoms with Gasteiger partial charge < -0.3 is 10.4 Å². The van der Waals surface area contributed by atoms with Gasteiger partial charge in [-0.3, -0.25) is 9.69 Å². The van der Waals surface area contributed by atoms with Gasteiger partial charge in [0, 0.05) is 19.1 Å². The lowest BCUT2D eigenvalue weighted by Gasteiger charge is -2.43. The Hall–Kier alpha value is -0.610. The van der Waals surface area contributed by atoms with Crippen molar-refractivity contribution < 1.29 is 9.90 Å². The van der Waals surface area contributed by atoms with Gasteiger partial charge in [0.25, 0.3) is 0 Å². The maximum absolute atomic E-state index is 11.5. The van der Waals surface area contributed by atoms with Crippen molar-refractivity contribution in [3.63, 3.8) is 0 Å². The molecule has 15 heavy (non-hydrogen) atoms. The van der Waals surface area contributed by atoms with E-state index in [4.69, 9.17) is 0 Å². The molecule has 4 heteroatoms. The Balaban J connectivity index is 2.15. The number of β-amino-alcohol motifs (C(OH)–C–C–N with tert-alkyl or cyclic N) is 1. The van der Waals surface area contributed by atoms with Gasteiger partial charge in [0.05, 0.1) is 12.1 Å². The number of carbonyl (C=O) groups is 1. The van der Waals surface area contributed by atoms with E-state index >= 15 is 0 Å². The molecule has 1 aliphatic rings. The molecule has 0 aromatic heterocycles.